The first-order chi connectivity index (χ1) is 15.2. The second-order valence-electron chi connectivity index (χ2n) is 7.16. The molecule has 0 atom stereocenters. The number of aromatic nitrogens is 5. The first-order valence-electron chi connectivity index (χ1n) is 9.98. The molecule has 4 aromatic rings. The van der Waals surface area contributed by atoms with Gasteiger partial charge in [0.15, 0.2) is 5.76 Å². The molecule has 3 aromatic heterocycles. The zero-order chi connectivity index (χ0) is 21.2. The summed E-state index contributed by atoms with van der Waals surface area (Å²) < 4.78 is 20.6. The number of nitrogen functional groups attached to an aromatic ring is 1. The third kappa shape index (κ3) is 3.99. The SMILES string of the molecule is Nc1nc(NCCN2CCN(c3cc[c]cc3F)CC2)nc2nc(-c3ccco3)nn12. The highest BCUT2D eigenvalue weighted by molar-refractivity contribution is 5.52. The van der Waals surface area contributed by atoms with Crippen LogP contribution in [-0.4, -0.2) is 68.7 Å². The van der Waals surface area contributed by atoms with Crippen LogP contribution in [0.15, 0.2) is 41.0 Å². The molecule has 11 heteroatoms. The van der Waals surface area contributed by atoms with Gasteiger partial charge in [-0.1, -0.05) is 6.07 Å². The fourth-order valence-corrected chi connectivity index (χ4v) is 3.59. The van der Waals surface area contributed by atoms with Gasteiger partial charge in [0.05, 0.1) is 12.0 Å². The van der Waals surface area contributed by atoms with Crippen LogP contribution in [0, 0.1) is 11.9 Å². The summed E-state index contributed by atoms with van der Waals surface area (Å²) in [6.07, 6.45) is 1.55. The van der Waals surface area contributed by atoms with Crippen molar-refractivity contribution in [1.82, 2.24) is 29.5 Å². The van der Waals surface area contributed by atoms with Gasteiger partial charge in [0, 0.05) is 39.3 Å². The van der Waals surface area contributed by atoms with E-state index in [0.29, 0.717) is 35.5 Å². The lowest BCUT2D eigenvalue weighted by molar-refractivity contribution is 0.266. The molecule has 0 aliphatic carbocycles. The van der Waals surface area contributed by atoms with Crippen molar-refractivity contribution in [3.05, 3.63) is 48.5 Å². The molecule has 0 bridgehead atoms. The van der Waals surface area contributed by atoms with Gasteiger partial charge in [0.25, 0.3) is 5.78 Å². The molecular weight excluding hydrogens is 401 g/mol. The molecule has 1 aliphatic rings. The first-order valence-corrected chi connectivity index (χ1v) is 9.98. The van der Waals surface area contributed by atoms with Gasteiger partial charge >= 0.3 is 0 Å². The number of rotatable bonds is 6. The number of halogens is 1. The lowest BCUT2D eigenvalue weighted by atomic mass is 10.2. The van der Waals surface area contributed by atoms with E-state index in [9.17, 15) is 4.39 Å². The molecule has 1 aliphatic heterocycles. The Morgan fingerprint density at radius 3 is 2.81 bits per heavy atom. The number of hydrogen-bond acceptors (Lipinski definition) is 9. The van der Waals surface area contributed by atoms with E-state index in [1.807, 2.05) is 0 Å². The number of fused-ring (bicyclic) bond motifs is 1. The quantitative estimate of drug-likeness (QED) is 0.477. The summed E-state index contributed by atoms with van der Waals surface area (Å²) in [4.78, 5) is 17.4. The van der Waals surface area contributed by atoms with Gasteiger partial charge in [-0.15, -0.1) is 5.10 Å². The third-order valence-electron chi connectivity index (χ3n) is 5.19. The van der Waals surface area contributed by atoms with Gasteiger partial charge in [-0.2, -0.15) is 19.5 Å². The minimum absolute atomic E-state index is 0.188. The number of anilines is 3. The fraction of sp³-hybridized carbons (Fsp3) is 0.300. The highest BCUT2D eigenvalue weighted by Gasteiger charge is 2.19. The van der Waals surface area contributed by atoms with Crippen LogP contribution in [0.4, 0.5) is 22.0 Å². The number of nitrogens with one attached hydrogen (secondary N) is 1. The number of hydrogen-bond donors (Lipinski definition) is 2. The van der Waals surface area contributed by atoms with E-state index in [-0.39, 0.29) is 11.8 Å². The van der Waals surface area contributed by atoms with Gasteiger partial charge < -0.3 is 20.4 Å². The van der Waals surface area contributed by atoms with Crippen LogP contribution in [0.1, 0.15) is 0 Å². The molecule has 0 unspecified atom stereocenters. The Morgan fingerprint density at radius 1 is 1.16 bits per heavy atom. The number of benzene rings is 1. The lowest BCUT2D eigenvalue weighted by Crippen LogP contribution is -2.47. The second kappa shape index (κ2) is 8.19. The van der Waals surface area contributed by atoms with E-state index >= 15 is 0 Å². The summed E-state index contributed by atoms with van der Waals surface area (Å²) >= 11 is 0. The maximum atomic E-state index is 13.9. The summed E-state index contributed by atoms with van der Waals surface area (Å²) in [7, 11) is 0. The minimum Gasteiger partial charge on any atom is -0.461 e. The molecule has 5 rings (SSSR count). The van der Waals surface area contributed by atoms with E-state index in [0.717, 1.165) is 32.7 Å². The molecule has 1 aromatic carbocycles. The summed E-state index contributed by atoms with van der Waals surface area (Å²) in [6, 6.07) is 11.2. The Morgan fingerprint density at radius 2 is 2.03 bits per heavy atom. The maximum absolute atomic E-state index is 13.9. The van der Waals surface area contributed by atoms with Crippen LogP contribution in [-0.2, 0) is 0 Å². The molecule has 159 valence electrons. The smallest absolute Gasteiger partial charge is 0.259 e. The zero-order valence-electron chi connectivity index (χ0n) is 16.7. The van der Waals surface area contributed by atoms with Crippen molar-refractivity contribution in [2.75, 3.05) is 55.2 Å². The van der Waals surface area contributed by atoms with E-state index in [1.165, 1.54) is 10.6 Å². The number of furan rings is 1. The summed E-state index contributed by atoms with van der Waals surface area (Å²) in [6.45, 7) is 4.68. The van der Waals surface area contributed by atoms with Gasteiger partial charge in [0.1, 0.15) is 5.82 Å². The number of piperazine rings is 1. The van der Waals surface area contributed by atoms with Gasteiger partial charge in [-0.3, -0.25) is 4.90 Å². The molecule has 1 radical (unpaired) electrons. The number of nitrogens with two attached hydrogens (primary N) is 1. The van der Waals surface area contributed by atoms with E-state index in [4.69, 9.17) is 10.2 Å². The van der Waals surface area contributed by atoms with Crippen LogP contribution in [0.3, 0.4) is 0 Å². The predicted octanol–water partition coefficient (Wildman–Crippen LogP) is 1.53. The largest absolute Gasteiger partial charge is 0.461 e. The van der Waals surface area contributed by atoms with Crippen LogP contribution in [0.2, 0.25) is 0 Å². The monoisotopic (exact) mass is 422 g/mol. The molecule has 0 amide bonds. The van der Waals surface area contributed by atoms with Crippen molar-refractivity contribution in [3.8, 4) is 11.6 Å². The van der Waals surface area contributed by atoms with Gasteiger partial charge in [-0.25, -0.2) is 4.39 Å². The minimum atomic E-state index is -0.230. The Kier molecular flexibility index (Phi) is 5.08. The van der Waals surface area contributed by atoms with Gasteiger partial charge in [-0.05, 0) is 30.3 Å². The average molecular weight is 422 g/mol. The van der Waals surface area contributed by atoms with Crippen LogP contribution < -0.4 is 16.0 Å². The molecule has 10 nitrogen and oxygen atoms in total. The van der Waals surface area contributed by atoms with Crippen molar-refractivity contribution >= 4 is 23.4 Å². The van der Waals surface area contributed by atoms with Crippen molar-refractivity contribution in [2.24, 2.45) is 0 Å². The Hall–Kier alpha value is -3.73. The Balaban J connectivity index is 1.17. The number of nitrogens with zero attached hydrogens (tertiary/aromatic N) is 7. The molecule has 1 saturated heterocycles. The van der Waals surface area contributed by atoms with Crippen molar-refractivity contribution < 1.29 is 8.81 Å². The van der Waals surface area contributed by atoms with Crippen molar-refractivity contribution in [1.29, 1.82) is 0 Å². The van der Waals surface area contributed by atoms with Gasteiger partial charge in [0.2, 0.25) is 17.7 Å². The predicted molar refractivity (Wildman–Crippen MR) is 113 cm³/mol. The average Bonchev–Trinajstić information content (AvgIpc) is 3.45. The summed E-state index contributed by atoms with van der Waals surface area (Å²) in [5, 5.41) is 7.48. The molecule has 1 fully saturated rings. The molecule has 31 heavy (non-hydrogen) atoms. The first kappa shape index (κ1) is 19.2. The third-order valence-corrected chi connectivity index (χ3v) is 5.19. The van der Waals surface area contributed by atoms with E-state index in [2.05, 4.69) is 41.2 Å². The maximum Gasteiger partial charge on any atom is 0.259 e. The fourth-order valence-electron chi connectivity index (χ4n) is 3.59. The summed E-state index contributed by atoms with van der Waals surface area (Å²) in [5.41, 5.74) is 6.65. The van der Waals surface area contributed by atoms with Crippen LogP contribution in [0.25, 0.3) is 17.4 Å². The highest BCUT2D eigenvalue weighted by Crippen LogP contribution is 2.20. The Labute approximate surface area is 177 Å². The summed E-state index contributed by atoms with van der Waals surface area (Å²) in [5.74, 6) is 1.63. The van der Waals surface area contributed by atoms with E-state index in [1.54, 1.807) is 30.5 Å². The van der Waals surface area contributed by atoms with Crippen LogP contribution >= 0.6 is 0 Å². The molecular formula is C20H21FN9O. The zero-order valence-corrected chi connectivity index (χ0v) is 16.7. The normalized spacial score (nSPS) is 14.9. The van der Waals surface area contributed by atoms with E-state index < -0.39 is 0 Å². The second-order valence-corrected chi connectivity index (χ2v) is 7.16. The van der Waals surface area contributed by atoms with Crippen LogP contribution in [0.5, 0.6) is 0 Å². The molecule has 4 heterocycles. The Bertz CT molecular complexity index is 1170. The molecule has 0 saturated carbocycles. The highest BCUT2D eigenvalue weighted by atomic mass is 19.1. The van der Waals surface area contributed by atoms with Crippen molar-refractivity contribution in [3.63, 3.8) is 0 Å². The van der Waals surface area contributed by atoms with Crippen molar-refractivity contribution in [2.45, 2.75) is 0 Å². The standard InChI is InChI=1S/C20H21FN9O/c21-14-4-1-2-5-15(14)29-11-9-28(10-12-29)8-7-23-19-25-18(22)30-20(26-19)24-17(27-30)16-6-3-13-31-16/h2-6,13H,7-12H2,(H3,22,23,24,25,26,27). The molecule has 0 spiro atoms. The molecule has 3 N–H and O–H groups in total. The topological polar surface area (TPSA) is 114 Å². The lowest BCUT2D eigenvalue weighted by Gasteiger charge is -2.36.